The highest BCUT2D eigenvalue weighted by molar-refractivity contribution is 5.98. The van der Waals surface area contributed by atoms with Gasteiger partial charge in [-0.3, -0.25) is 24.5 Å². The quantitative estimate of drug-likeness (QED) is 0.304. The second-order valence-electron chi connectivity index (χ2n) is 9.69. The summed E-state index contributed by atoms with van der Waals surface area (Å²) in [6.45, 7) is 3.49. The van der Waals surface area contributed by atoms with Crippen LogP contribution in [0.1, 0.15) is 35.2 Å². The van der Waals surface area contributed by atoms with Crippen molar-refractivity contribution in [3.8, 4) is 0 Å². The third-order valence-corrected chi connectivity index (χ3v) is 7.29. The van der Waals surface area contributed by atoms with E-state index in [4.69, 9.17) is 4.74 Å². The summed E-state index contributed by atoms with van der Waals surface area (Å²) < 4.78 is 5.01. The van der Waals surface area contributed by atoms with E-state index in [-0.39, 0.29) is 42.2 Å². The minimum atomic E-state index is -0.881. The molecule has 11 nitrogen and oxygen atoms in total. The highest BCUT2D eigenvalue weighted by atomic mass is 16.6. The van der Waals surface area contributed by atoms with E-state index in [0.717, 1.165) is 5.69 Å². The summed E-state index contributed by atoms with van der Waals surface area (Å²) in [6, 6.07) is 14.1. The van der Waals surface area contributed by atoms with Crippen LogP contribution in [-0.4, -0.2) is 84.5 Å². The first kappa shape index (κ1) is 27.1. The first-order chi connectivity index (χ1) is 18.3. The van der Waals surface area contributed by atoms with Crippen LogP contribution in [0.15, 0.2) is 48.5 Å². The number of carbonyl (C=O) groups is 3. The molecule has 2 heterocycles. The van der Waals surface area contributed by atoms with Crippen LogP contribution in [0.25, 0.3) is 0 Å². The van der Waals surface area contributed by atoms with Crippen molar-refractivity contribution in [2.45, 2.75) is 31.7 Å². The molecule has 0 unspecified atom stereocenters. The third-order valence-electron chi connectivity index (χ3n) is 7.29. The molecule has 1 spiro atoms. The Morgan fingerprint density at radius 1 is 1.13 bits per heavy atom. The SMILES string of the molecule is COCCCNC(=O)CN1CN(c2ccccc2)C2(CCN(C(=O)c3ccc(C)c([N+](=O)[O-])c3)CC2)C1=O. The number of benzene rings is 2. The lowest BCUT2D eigenvalue weighted by molar-refractivity contribution is -0.385. The Balaban J connectivity index is 1.50. The standard InChI is InChI=1S/C27H33N5O6/c1-20-9-10-21(17-23(20)32(36)37)25(34)29-14-11-27(12-15-29)26(35)30(18-24(33)28-13-6-16-38-2)19-31(27)22-7-4-3-5-8-22/h3-5,7-10,17H,6,11-16,18-19H2,1-2H3,(H,28,33). The Morgan fingerprint density at radius 2 is 1.84 bits per heavy atom. The van der Waals surface area contributed by atoms with Gasteiger partial charge < -0.3 is 24.8 Å². The predicted molar refractivity (Wildman–Crippen MR) is 141 cm³/mol. The van der Waals surface area contributed by atoms with Crippen LogP contribution in [0.3, 0.4) is 0 Å². The maximum absolute atomic E-state index is 13.8. The first-order valence-electron chi connectivity index (χ1n) is 12.7. The molecule has 2 saturated heterocycles. The molecular weight excluding hydrogens is 490 g/mol. The lowest BCUT2D eigenvalue weighted by Crippen LogP contribution is -2.57. The van der Waals surface area contributed by atoms with Crippen LogP contribution >= 0.6 is 0 Å². The first-order valence-corrected chi connectivity index (χ1v) is 12.7. The maximum atomic E-state index is 13.8. The van der Waals surface area contributed by atoms with Gasteiger partial charge in [0.25, 0.3) is 17.5 Å². The van der Waals surface area contributed by atoms with E-state index >= 15 is 0 Å². The van der Waals surface area contributed by atoms with Gasteiger partial charge in [0, 0.05) is 56.2 Å². The fourth-order valence-electron chi connectivity index (χ4n) is 5.20. The zero-order valence-corrected chi connectivity index (χ0v) is 21.7. The average molecular weight is 524 g/mol. The van der Waals surface area contributed by atoms with Crippen molar-refractivity contribution in [1.29, 1.82) is 0 Å². The molecule has 2 aromatic rings. The second kappa shape index (κ2) is 11.6. The number of nitrogens with one attached hydrogen (secondary N) is 1. The Labute approximate surface area is 221 Å². The number of anilines is 1. The number of nitro groups is 1. The molecule has 11 heteroatoms. The summed E-state index contributed by atoms with van der Waals surface area (Å²) in [5.41, 5.74) is 0.637. The van der Waals surface area contributed by atoms with Gasteiger partial charge in [-0.15, -0.1) is 0 Å². The van der Waals surface area contributed by atoms with Crippen molar-refractivity contribution >= 4 is 29.1 Å². The van der Waals surface area contributed by atoms with E-state index in [9.17, 15) is 24.5 Å². The van der Waals surface area contributed by atoms with Crippen LogP contribution < -0.4 is 10.2 Å². The van der Waals surface area contributed by atoms with Crippen LogP contribution in [0, 0.1) is 17.0 Å². The highest BCUT2D eigenvalue weighted by Crippen LogP contribution is 2.39. The molecule has 4 rings (SSSR count). The summed E-state index contributed by atoms with van der Waals surface area (Å²) in [4.78, 5) is 55.6. The number of aryl methyl sites for hydroxylation is 1. The van der Waals surface area contributed by atoms with Crippen LogP contribution in [0.5, 0.6) is 0 Å². The van der Waals surface area contributed by atoms with E-state index in [1.165, 1.54) is 6.07 Å². The molecule has 0 aromatic heterocycles. The van der Waals surface area contributed by atoms with E-state index in [1.807, 2.05) is 35.2 Å². The monoisotopic (exact) mass is 523 g/mol. The summed E-state index contributed by atoms with van der Waals surface area (Å²) in [5.74, 6) is -0.661. The number of rotatable bonds is 9. The minimum absolute atomic E-state index is 0.0490. The van der Waals surface area contributed by atoms with E-state index in [2.05, 4.69) is 5.32 Å². The molecule has 2 aromatic carbocycles. The van der Waals surface area contributed by atoms with Gasteiger partial charge in [0.05, 0.1) is 11.6 Å². The van der Waals surface area contributed by atoms with Gasteiger partial charge in [0.15, 0.2) is 0 Å². The van der Waals surface area contributed by atoms with Crippen molar-refractivity contribution < 1.29 is 24.0 Å². The smallest absolute Gasteiger partial charge is 0.273 e. The molecule has 0 atom stereocenters. The Kier molecular flexibility index (Phi) is 8.26. The molecule has 0 saturated carbocycles. The van der Waals surface area contributed by atoms with Gasteiger partial charge in [0.2, 0.25) is 5.91 Å². The molecule has 2 fully saturated rings. The number of methoxy groups -OCH3 is 1. The molecule has 202 valence electrons. The van der Waals surface area contributed by atoms with Crippen molar-refractivity contribution in [2.75, 3.05) is 51.5 Å². The molecule has 0 aliphatic carbocycles. The number of para-hydroxylation sites is 1. The number of hydrogen-bond donors (Lipinski definition) is 1. The number of hydrogen-bond acceptors (Lipinski definition) is 7. The van der Waals surface area contributed by atoms with E-state index in [0.29, 0.717) is 51.1 Å². The van der Waals surface area contributed by atoms with Crippen molar-refractivity contribution in [3.63, 3.8) is 0 Å². The largest absolute Gasteiger partial charge is 0.385 e. The fourth-order valence-corrected chi connectivity index (χ4v) is 5.20. The van der Waals surface area contributed by atoms with E-state index < -0.39 is 10.5 Å². The second-order valence-corrected chi connectivity index (χ2v) is 9.69. The van der Waals surface area contributed by atoms with Crippen LogP contribution in [0.2, 0.25) is 0 Å². The average Bonchev–Trinajstić information content (AvgIpc) is 3.18. The fraction of sp³-hybridized carbons (Fsp3) is 0.444. The number of piperidine rings is 1. The van der Waals surface area contributed by atoms with Crippen LogP contribution in [-0.2, 0) is 14.3 Å². The molecule has 38 heavy (non-hydrogen) atoms. The number of amides is 3. The Hall–Kier alpha value is -3.99. The lowest BCUT2D eigenvalue weighted by atomic mass is 9.85. The molecule has 1 N–H and O–H groups in total. The zero-order chi connectivity index (χ0) is 27.3. The molecule has 0 radical (unpaired) electrons. The topological polar surface area (TPSA) is 125 Å². The van der Waals surface area contributed by atoms with Gasteiger partial charge in [-0.05, 0) is 44.4 Å². The van der Waals surface area contributed by atoms with Crippen LogP contribution in [0.4, 0.5) is 11.4 Å². The van der Waals surface area contributed by atoms with Crippen molar-refractivity contribution in [3.05, 3.63) is 69.8 Å². The number of likely N-dealkylation sites (tertiary alicyclic amines) is 1. The van der Waals surface area contributed by atoms with Gasteiger partial charge in [0.1, 0.15) is 12.1 Å². The molecule has 2 aliphatic rings. The van der Waals surface area contributed by atoms with Gasteiger partial charge >= 0.3 is 0 Å². The maximum Gasteiger partial charge on any atom is 0.273 e. The number of nitro benzene ring substituents is 1. The van der Waals surface area contributed by atoms with Gasteiger partial charge in [-0.25, -0.2) is 0 Å². The zero-order valence-electron chi connectivity index (χ0n) is 21.7. The molecular formula is C27H33N5O6. The minimum Gasteiger partial charge on any atom is -0.385 e. The Bertz CT molecular complexity index is 1200. The molecule has 2 aliphatic heterocycles. The van der Waals surface area contributed by atoms with Crippen molar-refractivity contribution in [1.82, 2.24) is 15.1 Å². The van der Waals surface area contributed by atoms with Gasteiger partial charge in [-0.2, -0.15) is 0 Å². The molecule has 3 amide bonds. The summed E-state index contributed by atoms with van der Waals surface area (Å²) in [6.07, 6.45) is 1.45. The summed E-state index contributed by atoms with van der Waals surface area (Å²) >= 11 is 0. The Morgan fingerprint density at radius 3 is 2.50 bits per heavy atom. The normalized spacial score (nSPS) is 16.7. The number of ether oxygens (including phenoxy) is 1. The molecule has 0 bridgehead atoms. The lowest BCUT2D eigenvalue weighted by Gasteiger charge is -2.43. The van der Waals surface area contributed by atoms with Crippen molar-refractivity contribution in [2.24, 2.45) is 0 Å². The summed E-state index contributed by atoms with van der Waals surface area (Å²) in [7, 11) is 1.60. The highest BCUT2D eigenvalue weighted by Gasteiger charge is 2.54. The summed E-state index contributed by atoms with van der Waals surface area (Å²) in [5, 5.41) is 14.2. The number of nitrogens with zero attached hydrogens (tertiary/aromatic N) is 4. The number of carbonyl (C=O) groups excluding carboxylic acids is 3. The van der Waals surface area contributed by atoms with Gasteiger partial charge in [-0.1, -0.05) is 24.3 Å². The van der Waals surface area contributed by atoms with E-state index in [1.54, 1.807) is 36.0 Å². The third kappa shape index (κ3) is 5.47. The predicted octanol–water partition coefficient (Wildman–Crippen LogP) is 2.34.